The topological polar surface area (TPSA) is 114 Å². The van der Waals surface area contributed by atoms with Crippen LogP contribution in [0.4, 0.5) is 5.69 Å². The molecule has 0 atom stereocenters. The maximum atomic E-state index is 8.94. The number of amidine groups is 1. The zero-order chi connectivity index (χ0) is 26.0. The summed E-state index contributed by atoms with van der Waals surface area (Å²) in [5.74, 6) is 2.62. The fourth-order valence-electron chi connectivity index (χ4n) is 4.50. The molecule has 1 aromatic heterocycles. The number of imidazole rings is 1. The molecule has 4 N–H and O–H groups in total. The molecule has 0 unspecified atom stereocenters. The lowest BCUT2D eigenvalue weighted by Gasteiger charge is -2.37. The maximum Gasteiger partial charge on any atom is 0.169 e. The summed E-state index contributed by atoms with van der Waals surface area (Å²) in [6.07, 6.45) is 4.45. The highest BCUT2D eigenvalue weighted by molar-refractivity contribution is 7.80. The number of aromatic amines is 1. The normalized spacial score (nSPS) is 16.4. The van der Waals surface area contributed by atoms with E-state index in [2.05, 4.69) is 35.3 Å². The molecular weight excluding hydrogens is 492 g/mol. The van der Waals surface area contributed by atoms with Gasteiger partial charge in [0.25, 0.3) is 0 Å². The Balaban J connectivity index is 1.31. The van der Waals surface area contributed by atoms with Gasteiger partial charge < -0.3 is 39.6 Å². The van der Waals surface area contributed by atoms with Gasteiger partial charge in [-0.2, -0.15) is 0 Å². The van der Waals surface area contributed by atoms with Crippen LogP contribution in [0.3, 0.4) is 0 Å². The van der Waals surface area contributed by atoms with Crippen molar-refractivity contribution in [2.75, 3.05) is 85.1 Å². The highest BCUT2D eigenvalue weighted by atomic mass is 32.1. The van der Waals surface area contributed by atoms with Gasteiger partial charge in [0.05, 0.1) is 33.5 Å². The number of thiocarbonyl (C=S) groups is 1. The van der Waals surface area contributed by atoms with Gasteiger partial charge in [0, 0.05) is 82.6 Å². The summed E-state index contributed by atoms with van der Waals surface area (Å²) in [7, 11) is 3.50. The van der Waals surface area contributed by atoms with E-state index in [0.29, 0.717) is 48.7 Å². The van der Waals surface area contributed by atoms with Crippen LogP contribution >= 0.6 is 12.2 Å². The summed E-state index contributed by atoms with van der Waals surface area (Å²) in [5, 5.41) is 16.1. The smallest absolute Gasteiger partial charge is 0.169 e. The average molecular weight is 531 g/mol. The second kappa shape index (κ2) is 13.5. The SMILES string of the molecule is CNc1cc(OCCCN2CCOCC2)c(OC)cc1C(=N)N1CCN(C(=S)NCc2ncc[nH]2)CC1. The van der Waals surface area contributed by atoms with Gasteiger partial charge in [0.1, 0.15) is 11.7 Å². The third-order valence-electron chi connectivity index (χ3n) is 6.65. The van der Waals surface area contributed by atoms with E-state index < -0.39 is 0 Å². The lowest BCUT2D eigenvalue weighted by molar-refractivity contribution is 0.0357. The Hall–Kier alpha value is -3.09. The van der Waals surface area contributed by atoms with Crippen molar-refractivity contribution in [3.05, 3.63) is 35.9 Å². The summed E-state index contributed by atoms with van der Waals surface area (Å²) in [5.41, 5.74) is 1.62. The monoisotopic (exact) mass is 530 g/mol. The molecule has 202 valence electrons. The Bertz CT molecular complexity index is 1020. The van der Waals surface area contributed by atoms with Crippen LogP contribution in [0.15, 0.2) is 24.5 Å². The number of rotatable bonds is 10. The van der Waals surface area contributed by atoms with Crippen molar-refractivity contribution in [2.24, 2.45) is 0 Å². The van der Waals surface area contributed by atoms with E-state index in [1.165, 1.54) is 0 Å². The molecule has 4 rings (SSSR count). The second-order valence-electron chi connectivity index (χ2n) is 8.97. The minimum atomic E-state index is 0.454. The standard InChI is InChI=1S/C25H38N8O3S/c1-27-20-17-22(36-13-3-6-31-11-14-35-15-12-31)21(34-2)16-19(20)24(26)32-7-9-33(10-8-32)25(37)30-18-23-28-4-5-29-23/h4-5,16-17,26-27H,3,6-15,18H2,1-2H3,(H,28,29)(H,30,37). The molecule has 11 nitrogen and oxygen atoms in total. The molecule has 3 heterocycles. The average Bonchev–Trinajstić information content (AvgIpc) is 3.47. The minimum absolute atomic E-state index is 0.454. The molecule has 0 radical (unpaired) electrons. The van der Waals surface area contributed by atoms with E-state index >= 15 is 0 Å². The lowest BCUT2D eigenvalue weighted by Crippen LogP contribution is -2.53. The molecule has 0 saturated carbocycles. The van der Waals surface area contributed by atoms with Gasteiger partial charge in [-0.1, -0.05) is 0 Å². The molecule has 0 bridgehead atoms. The van der Waals surface area contributed by atoms with Crippen LogP contribution in [0.25, 0.3) is 0 Å². The zero-order valence-corrected chi connectivity index (χ0v) is 22.5. The van der Waals surface area contributed by atoms with Crippen LogP contribution in [-0.2, 0) is 11.3 Å². The number of nitrogens with one attached hydrogen (secondary N) is 4. The maximum absolute atomic E-state index is 8.94. The Kier molecular flexibility index (Phi) is 9.80. The van der Waals surface area contributed by atoms with Crippen LogP contribution in [0, 0.1) is 5.41 Å². The number of aromatic nitrogens is 2. The quantitative estimate of drug-likeness (QED) is 0.156. The van der Waals surface area contributed by atoms with Crippen molar-refractivity contribution in [3.8, 4) is 11.5 Å². The molecular formula is C25H38N8O3S. The first-order valence-electron chi connectivity index (χ1n) is 12.8. The van der Waals surface area contributed by atoms with E-state index in [1.54, 1.807) is 19.5 Å². The molecule has 2 aliphatic heterocycles. The van der Waals surface area contributed by atoms with Crippen molar-refractivity contribution < 1.29 is 14.2 Å². The van der Waals surface area contributed by atoms with Crippen molar-refractivity contribution in [1.29, 1.82) is 5.41 Å². The van der Waals surface area contributed by atoms with Gasteiger partial charge in [-0.05, 0) is 24.7 Å². The fourth-order valence-corrected chi connectivity index (χ4v) is 4.75. The first kappa shape index (κ1) is 27.0. The highest BCUT2D eigenvalue weighted by Crippen LogP contribution is 2.34. The third kappa shape index (κ3) is 7.24. The van der Waals surface area contributed by atoms with Gasteiger partial charge in [0.15, 0.2) is 16.6 Å². The Morgan fingerprint density at radius 3 is 2.57 bits per heavy atom. The molecule has 2 saturated heterocycles. The number of benzene rings is 1. The highest BCUT2D eigenvalue weighted by Gasteiger charge is 2.24. The summed E-state index contributed by atoms with van der Waals surface area (Å²) in [6, 6.07) is 3.83. The molecule has 0 aliphatic carbocycles. The van der Waals surface area contributed by atoms with Crippen LogP contribution in [0.1, 0.15) is 17.8 Å². The molecule has 2 aliphatic rings. The van der Waals surface area contributed by atoms with Crippen LogP contribution < -0.4 is 20.1 Å². The van der Waals surface area contributed by atoms with Crippen molar-refractivity contribution in [3.63, 3.8) is 0 Å². The van der Waals surface area contributed by atoms with Crippen LogP contribution in [0.2, 0.25) is 0 Å². The van der Waals surface area contributed by atoms with Gasteiger partial charge in [-0.15, -0.1) is 0 Å². The number of nitrogens with zero attached hydrogens (tertiary/aromatic N) is 4. The third-order valence-corrected chi connectivity index (χ3v) is 7.06. The number of anilines is 1. The number of ether oxygens (including phenoxy) is 3. The van der Waals surface area contributed by atoms with Crippen molar-refractivity contribution in [2.45, 2.75) is 13.0 Å². The van der Waals surface area contributed by atoms with E-state index in [0.717, 1.165) is 69.4 Å². The first-order chi connectivity index (χ1) is 18.1. The van der Waals surface area contributed by atoms with Crippen molar-refractivity contribution >= 4 is 28.9 Å². The predicted molar refractivity (Wildman–Crippen MR) is 148 cm³/mol. The summed E-state index contributed by atoms with van der Waals surface area (Å²) >= 11 is 5.56. The molecule has 2 aromatic rings. The molecule has 0 spiro atoms. The first-order valence-corrected chi connectivity index (χ1v) is 13.2. The molecule has 37 heavy (non-hydrogen) atoms. The van der Waals surface area contributed by atoms with E-state index in [-0.39, 0.29) is 0 Å². The van der Waals surface area contributed by atoms with Gasteiger partial charge in [-0.3, -0.25) is 10.3 Å². The van der Waals surface area contributed by atoms with Gasteiger partial charge in [0.2, 0.25) is 0 Å². The number of H-pyrrole nitrogens is 1. The van der Waals surface area contributed by atoms with E-state index in [9.17, 15) is 0 Å². The van der Waals surface area contributed by atoms with Crippen molar-refractivity contribution in [1.82, 2.24) is 30.0 Å². The molecule has 0 amide bonds. The lowest BCUT2D eigenvalue weighted by atomic mass is 10.1. The summed E-state index contributed by atoms with van der Waals surface area (Å²) in [4.78, 5) is 13.9. The number of piperazine rings is 1. The molecule has 12 heteroatoms. The molecule has 2 fully saturated rings. The Morgan fingerprint density at radius 1 is 1.14 bits per heavy atom. The van der Waals surface area contributed by atoms with Gasteiger partial charge >= 0.3 is 0 Å². The Labute approximate surface area is 224 Å². The van der Waals surface area contributed by atoms with E-state index in [4.69, 9.17) is 31.8 Å². The minimum Gasteiger partial charge on any atom is -0.493 e. The second-order valence-corrected chi connectivity index (χ2v) is 9.36. The number of morpholine rings is 1. The number of methoxy groups -OCH3 is 1. The number of hydrogen-bond donors (Lipinski definition) is 4. The van der Waals surface area contributed by atoms with Gasteiger partial charge in [-0.25, -0.2) is 4.98 Å². The zero-order valence-electron chi connectivity index (χ0n) is 21.7. The summed E-state index contributed by atoms with van der Waals surface area (Å²) < 4.78 is 17.1. The largest absolute Gasteiger partial charge is 0.493 e. The summed E-state index contributed by atoms with van der Waals surface area (Å²) in [6.45, 7) is 8.59. The van der Waals surface area contributed by atoms with Crippen LogP contribution in [0.5, 0.6) is 11.5 Å². The Morgan fingerprint density at radius 2 is 1.89 bits per heavy atom. The molecule has 1 aromatic carbocycles. The fraction of sp³-hybridized carbons (Fsp3) is 0.560. The van der Waals surface area contributed by atoms with Crippen LogP contribution in [-0.4, -0.2) is 115 Å². The predicted octanol–water partition coefficient (Wildman–Crippen LogP) is 1.58. The van der Waals surface area contributed by atoms with E-state index in [1.807, 2.05) is 19.2 Å². The number of hydrogen-bond acceptors (Lipinski definition) is 8.